The zero-order valence-electron chi connectivity index (χ0n) is 24.2. The number of hydrogen-bond donors (Lipinski definition) is 0. The molecule has 0 amide bonds. The van der Waals surface area contributed by atoms with Crippen molar-refractivity contribution in [1.82, 2.24) is 0 Å². The van der Waals surface area contributed by atoms with Gasteiger partial charge in [0, 0.05) is 16.9 Å². The number of carbonyl (C=O) groups is 4. The topological polar surface area (TPSA) is 108 Å². The molecular weight excluding hydrogens is 534 g/mol. The predicted octanol–water partition coefficient (Wildman–Crippen LogP) is 2.97. The molecule has 0 heterocycles. The number of nitrogens with zero attached hydrogens (tertiary/aromatic N) is 1. The van der Waals surface area contributed by atoms with Crippen LogP contribution < -0.4 is 0 Å². The molecule has 0 saturated heterocycles. The van der Waals surface area contributed by atoms with Crippen molar-refractivity contribution < 1.29 is 33.5 Å². The molecule has 8 heteroatoms. The summed E-state index contributed by atoms with van der Waals surface area (Å²) >= 11 is 0. The average molecular weight is 564 g/mol. The summed E-state index contributed by atoms with van der Waals surface area (Å²) in [6, 6.07) is 0. The van der Waals surface area contributed by atoms with Gasteiger partial charge in [0.2, 0.25) is 6.79 Å². The molecule has 2 aliphatic carbocycles. The maximum Gasteiger partial charge on any atom is 0.335 e. The van der Waals surface area contributed by atoms with E-state index in [1.54, 1.807) is 6.92 Å². The quantitative estimate of drug-likeness (QED) is 0.117. The fourth-order valence-corrected chi connectivity index (χ4v) is 4.04. The zero-order chi connectivity index (χ0) is 31.6. The van der Waals surface area contributed by atoms with Crippen LogP contribution in [0.5, 0.6) is 0 Å². The first kappa shape index (κ1) is 34.4. The Morgan fingerprint density at radius 2 is 1.43 bits per heavy atom. The molecule has 2 atom stereocenters. The summed E-state index contributed by atoms with van der Waals surface area (Å²) in [6.07, 6.45) is 5.99. The minimum absolute atomic E-state index is 0.0692. The number of fused-ring (bicyclic) bond motifs is 2. The van der Waals surface area contributed by atoms with Crippen molar-refractivity contribution in [3.05, 3.63) is 12.2 Å². The summed E-state index contributed by atoms with van der Waals surface area (Å²) in [7, 11) is 0. The van der Waals surface area contributed by atoms with E-state index in [0.29, 0.717) is 5.71 Å². The molecular formula is C34H29NO7. The first-order valence-electron chi connectivity index (χ1n) is 12.6. The highest BCUT2D eigenvalue weighted by atomic mass is 16.7. The van der Waals surface area contributed by atoms with Gasteiger partial charge < -0.3 is 14.3 Å². The summed E-state index contributed by atoms with van der Waals surface area (Å²) in [5.41, 5.74) is -0.159. The number of terminal acetylenes is 1. The Balaban J connectivity index is 0.000000501. The van der Waals surface area contributed by atoms with Crippen LogP contribution in [-0.2, 0) is 33.5 Å². The Morgan fingerprint density at radius 3 is 1.90 bits per heavy atom. The monoisotopic (exact) mass is 563 g/mol. The number of ketones is 1. The number of carbonyl (C=O) groups excluding carboxylic acids is 4. The SMILES string of the molecule is C#CC#CC#CC#CC#CC#CC#CC.C=C(C)C(=O)OCOC(=O)CCC(=O)O/N=C1/C(=O)C2CCC1(C)C2(C)C. The average Bonchev–Trinajstić information content (AvgIpc) is 3.26. The lowest BCUT2D eigenvalue weighted by Gasteiger charge is -2.32. The molecule has 2 fully saturated rings. The van der Waals surface area contributed by atoms with Crippen LogP contribution in [0.3, 0.4) is 0 Å². The second-order valence-electron chi connectivity index (χ2n) is 9.53. The van der Waals surface area contributed by atoms with Crippen molar-refractivity contribution in [2.45, 2.75) is 60.3 Å². The van der Waals surface area contributed by atoms with Crippen LogP contribution in [0.15, 0.2) is 17.3 Å². The van der Waals surface area contributed by atoms with E-state index in [-0.39, 0.29) is 35.5 Å². The van der Waals surface area contributed by atoms with Crippen LogP contribution in [-0.4, -0.2) is 36.2 Å². The van der Waals surface area contributed by atoms with Gasteiger partial charge in [0.1, 0.15) is 5.71 Å². The summed E-state index contributed by atoms with van der Waals surface area (Å²) in [5.74, 6) is 29.6. The van der Waals surface area contributed by atoms with Gasteiger partial charge in [0.15, 0.2) is 5.78 Å². The number of Topliss-reactive ketones (excluding diaryl/α,β-unsaturated/α-hetero) is 1. The standard InChI is InChI=1S/C19H25NO7.C15H4/c1-11(2)17(24)26-10-25-13(21)6-7-14(22)27-20-16-15(23)12-8-9-19(16,5)18(12,3)4;1-3-5-7-9-11-13-15-14-12-10-8-6-4-2/h12H,1,6-10H2,2-5H3;1H,2H3/b20-16-;. The number of ether oxygens (including phenoxy) is 2. The van der Waals surface area contributed by atoms with Gasteiger partial charge in [-0.15, -0.1) is 6.42 Å². The molecule has 0 radical (unpaired) electrons. The van der Waals surface area contributed by atoms with Gasteiger partial charge >= 0.3 is 17.9 Å². The Bertz CT molecular complexity index is 1580. The summed E-state index contributed by atoms with van der Waals surface area (Å²) in [5, 5.41) is 3.82. The van der Waals surface area contributed by atoms with E-state index in [4.69, 9.17) is 11.3 Å². The minimum atomic E-state index is -0.740. The van der Waals surface area contributed by atoms with Crippen LogP contribution >= 0.6 is 0 Å². The van der Waals surface area contributed by atoms with Crippen LogP contribution in [0.4, 0.5) is 0 Å². The van der Waals surface area contributed by atoms with E-state index in [1.807, 2.05) is 20.8 Å². The van der Waals surface area contributed by atoms with E-state index in [2.05, 4.69) is 98.2 Å². The van der Waals surface area contributed by atoms with Crippen molar-refractivity contribution in [2.24, 2.45) is 21.9 Å². The molecule has 0 aliphatic heterocycles. The first-order valence-corrected chi connectivity index (χ1v) is 12.6. The third-order valence-corrected chi connectivity index (χ3v) is 6.65. The molecule has 0 N–H and O–H groups in total. The van der Waals surface area contributed by atoms with Gasteiger partial charge in [0.25, 0.3) is 0 Å². The van der Waals surface area contributed by atoms with Crippen LogP contribution in [0.25, 0.3) is 0 Å². The highest BCUT2D eigenvalue weighted by Crippen LogP contribution is 2.62. The van der Waals surface area contributed by atoms with Crippen LogP contribution in [0.1, 0.15) is 60.3 Å². The highest BCUT2D eigenvalue weighted by molar-refractivity contribution is 6.45. The molecule has 8 nitrogen and oxygen atoms in total. The maximum atomic E-state index is 12.4. The van der Waals surface area contributed by atoms with Crippen molar-refractivity contribution in [1.29, 1.82) is 0 Å². The van der Waals surface area contributed by atoms with E-state index >= 15 is 0 Å². The van der Waals surface area contributed by atoms with Gasteiger partial charge in [-0.05, 0) is 103 Å². The van der Waals surface area contributed by atoms with Crippen molar-refractivity contribution >= 4 is 29.4 Å². The third-order valence-electron chi connectivity index (χ3n) is 6.65. The minimum Gasteiger partial charge on any atom is -0.428 e. The normalized spacial score (nSPS) is 18.5. The summed E-state index contributed by atoms with van der Waals surface area (Å²) in [4.78, 5) is 51.8. The molecule has 2 bridgehead atoms. The van der Waals surface area contributed by atoms with E-state index in [9.17, 15) is 19.2 Å². The maximum absolute atomic E-state index is 12.4. The number of oxime groups is 1. The molecule has 0 aromatic heterocycles. The molecule has 0 aromatic carbocycles. The van der Waals surface area contributed by atoms with Crippen LogP contribution in [0, 0.1) is 100 Å². The summed E-state index contributed by atoms with van der Waals surface area (Å²) < 4.78 is 9.28. The molecule has 2 rings (SSSR count). The van der Waals surface area contributed by atoms with Crippen molar-refractivity contribution in [3.8, 4) is 83.4 Å². The third kappa shape index (κ3) is 10.2. The Morgan fingerprint density at radius 1 is 0.905 bits per heavy atom. The van der Waals surface area contributed by atoms with E-state index in [1.165, 1.54) is 6.92 Å². The fourth-order valence-electron chi connectivity index (χ4n) is 4.04. The molecule has 0 spiro atoms. The Kier molecular flexibility index (Phi) is 14.1. The van der Waals surface area contributed by atoms with Crippen molar-refractivity contribution in [2.75, 3.05) is 6.79 Å². The van der Waals surface area contributed by atoms with Gasteiger partial charge in [0.05, 0.1) is 12.8 Å². The largest absolute Gasteiger partial charge is 0.428 e. The lowest BCUT2D eigenvalue weighted by Crippen LogP contribution is -2.34. The first-order chi connectivity index (χ1) is 19.9. The lowest BCUT2D eigenvalue weighted by atomic mass is 9.70. The van der Waals surface area contributed by atoms with Gasteiger partial charge in [-0.3, -0.25) is 9.59 Å². The smallest absolute Gasteiger partial charge is 0.335 e. The molecule has 42 heavy (non-hydrogen) atoms. The molecule has 0 aromatic rings. The molecule has 212 valence electrons. The van der Waals surface area contributed by atoms with Crippen LogP contribution in [0.2, 0.25) is 0 Å². The zero-order valence-corrected chi connectivity index (χ0v) is 24.2. The van der Waals surface area contributed by atoms with E-state index < -0.39 is 30.1 Å². The molecule has 2 saturated carbocycles. The number of hydrogen-bond acceptors (Lipinski definition) is 8. The highest BCUT2D eigenvalue weighted by Gasteiger charge is 2.65. The number of esters is 2. The van der Waals surface area contributed by atoms with Gasteiger partial charge in [-0.2, -0.15) is 0 Å². The number of rotatable bonds is 7. The lowest BCUT2D eigenvalue weighted by molar-refractivity contribution is -0.166. The fraction of sp³-hybridized carbons (Fsp3) is 0.382. The second-order valence-corrected chi connectivity index (χ2v) is 9.53. The Hall–Kier alpha value is -5.59. The molecule has 2 aliphatic rings. The van der Waals surface area contributed by atoms with E-state index in [0.717, 1.165) is 12.8 Å². The van der Waals surface area contributed by atoms with Crippen molar-refractivity contribution in [3.63, 3.8) is 0 Å². The predicted molar refractivity (Wildman–Crippen MR) is 155 cm³/mol. The summed E-state index contributed by atoms with van der Waals surface area (Å²) in [6.45, 7) is 12.0. The van der Waals surface area contributed by atoms with Gasteiger partial charge in [-0.1, -0.05) is 38.4 Å². The Labute approximate surface area is 247 Å². The van der Waals surface area contributed by atoms with Gasteiger partial charge in [-0.25, -0.2) is 9.59 Å². The molecule has 2 unspecified atom stereocenters. The second kappa shape index (κ2) is 17.2.